The fourth-order valence-corrected chi connectivity index (χ4v) is 5.50. The predicted octanol–water partition coefficient (Wildman–Crippen LogP) is 5.64. The van der Waals surface area contributed by atoms with Gasteiger partial charge in [-0.3, -0.25) is 9.69 Å². The molecule has 2 aromatic rings. The molecule has 4 nitrogen and oxygen atoms in total. The highest BCUT2D eigenvalue weighted by Crippen LogP contribution is 2.38. The third-order valence-electron chi connectivity index (χ3n) is 7.12. The summed E-state index contributed by atoms with van der Waals surface area (Å²) in [6.07, 6.45) is 10.7. The summed E-state index contributed by atoms with van der Waals surface area (Å²) < 4.78 is 5.61. The molecule has 1 aliphatic heterocycles. The smallest absolute Gasteiger partial charge is 0.258 e. The summed E-state index contributed by atoms with van der Waals surface area (Å²) in [4.78, 5) is 15.3. The van der Waals surface area contributed by atoms with Gasteiger partial charge in [0.15, 0.2) is 6.61 Å². The van der Waals surface area contributed by atoms with Crippen molar-refractivity contribution in [1.29, 1.82) is 0 Å². The standard InChI is InChI=1S/C27H35ClN2O2/c28-23-10-12-25(13-11-23)32-21-26(31)29-24-14-16-27(17-15-24,20-22-8-4-3-5-9-22)30-18-6-1-2-7-19-30/h3-5,8-13,24H,1-2,6-7,14-21H2,(H,29,31). The summed E-state index contributed by atoms with van der Waals surface area (Å²) in [6.45, 7) is 2.46. The van der Waals surface area contributed by atoms with Crippen molar-refractivity contribution in [2.24, 2.45) is 0 Å². The van der Waals surface area contributed by atoms with Crippen LogP contribution in [0.15, 0.2) is 54.6 Å². The fourth-order valence-electron chi connectivity index (χ4n) is 5.37. The summed E-state index contributed by atoms with van der Waals surface area (Å²) in [5.41, 5.74) is 1.64. The largest absolute Gasteiger partial charge is 0.484 e. The number of nitrogens with zero attached hydrogens (tertiary/aromatic N) is 1. The van der Waals surface area contributed by atoms with E-state index in [4.69, 9.17) is 16.3 Å². The SMILES string of the molecule is O=C(COc1ccc(Cl)cc1)NC1CCC(Cc2ccccc2)(N2CCCCCC2)CC1. The molecule has 2 aliphatic rings. The number of likely N-dealkylation sites (tertiary alicyclic amines) is 1. The van der Waals surface area contributed by atoms with E-state index in [9.17, 15) is 4.79 Å². The van der Waals surface area contributed by atoms with E-state index < -0.39 is 0 Å². The normalized spacial score (nSPS) is 24.5. The molecule has 0 atom stereocenters. The molecule has 1 aliphatic carbocycles. The Labute approximate surface area is 197 Å². The van der Waals surface area contributed by atoms with Crippen molar-refractivity contribution in [2.75, 3.05) is 19.7 Å². The van der Waals surface area contributed by atoms with Crippen LogP contribution in [0.25, 0.3) is 0 Å². The van der Waals surface area contributed by atoms with Crippen LogP contribution >= 0.6 is 11.6 Å². The Bertz CT molecular complexity index is 840. The van der Waals surface area contributed by atoms with Gasteiger partial charge in [0.1, 0.15) is 5.75 Å². The lowest BCUT2D eigenvalue weighted by molar-refractivity contribution is -0.124. The van der Waals surface area contributed by atoms with Gasteiger partial charge in [-0.05, 0) is 87.9 Å². The van der Waals surface area contributed by atoms with Gasteiger partial charge in [-0.1, -0.05) is 54.8 Å². The molecule has 2 fully saturated rings. The van der Waals surface area contributed by atoms with Crippen molar-refractivity contribution in [3.63, 3.8) is 0 Å². The molecule has 0 spiro atoms. The van der Waals surface area contributed by atoms with Gasteiger partial charge >= 0.3 is 0 Å². The topological polar surface area (TPSA) is 41.6 Å². The summed E-state index contributed by atoms with van der Waals surface area (Å²) in [5, 5.41) is 3.87. The molecule has 1 amide bonds. The maximum Gasteiger partial charge on any atom is 0.258 e. The van der Waals surface area contributed by atoms with E-state index in [-0.39, 0.29) is 24.1 Å². The van der Waals surface area contributed by atoms with Crippen LogP contribution in [0.3, 0.4) is 0 Å². The first-order valence-corrected chi connectivity index (χ1v) is 12.5. The Morgan fingerprint density at radius 2 is 1.62 bits per heavy atom. The van der Waals surface area contributed by atoms with Crippen LogP contribution in [-0.2, 0) is 11.2 Å². The molecule has 1 saturated carbocycles. The lowest BCUT2D eigenvalue weighted by Gasteiger charge is -2.48. The average Bonchev–Trinajstić information content (AvgIpc) is 3.11. The van der Waals surface area contributed by atoms with Gasteiger partial charge < -0.3 is 10.1 Å². The van der Waals surface area contributed by atoms with Gasteiger partial charge in [-0.2, -0.15) is 0 Å². The van der Waals surface area contributed by atoms with Gasteiger partial charge in [0.05, 0.1) is 0 Å². The Kier molecular flexibility index (Phi) is 8.10. The minimum Gasteiger partial charge on any atom is -0.484 e. The minimum absolute atomic E-state index is 0.0411. The van der Waals surface area contributed by atoms with Crippen LogP contribution in [-0.4, -0.2) is 42.1 Å². The number of rotatable bonds is 7. The molecule has 0 unspecified atom stereocenters. The van der Waals surface area contributed by atoms with Crippen molar-refractivity contribution in [3.05, 3.63) is 65.2 Å². The van der Waals surface area contributed by atoms with Crippen LogP contribution in [0.2, 0.25) is 5.02 Å². The number of hydrogen-bond acceptors (Lipinski definition) is 3. The van der Waals surface area contributed by atoms with Gasteiger partial charge in [0, 0.05) is 16.6 Å². The molecule has 0 radical (unpaired) electrons. The first-order valence-electron chi connectivity index (χ1n) is 12.1. The Morgan fingerprint density at radius 3 is 2.28 bits per heavy atom. The van der Waals surface area contributed by atoms with Crippen LogP contribution < -0.4 is 10.1 Å². The first kappa shape index (κ1) is 23.1. The van der Waals surface area contributed by atoms with Crippen molar-refractivity contribution < 1.29 is 9.53 Å². The number of nitrogens with one attached hydrogen (secondary N) is 1. The van der Waals surface area contributed by atoms with Gasteiger partial charge in [0.2, 0.25) is 0 Å². The Hall–Kier alpha value is -2.04. The Morgan fingerprint density at radius 1 is 0.969 bits per heavy atom. The van der Waals surface area contributed by atoms with Crippen molar-refractivity contribution in [2.45, 2.75) is 69.4 Å². The molecule has 1 N–H and O–H groups in total. The molecule has 172 valence electrons. The van der Waals surface area contributed by atoms with Crippen LogP contribution in [0.5, 0.6) is 5.75 Å². The van der Waals surface area contributed by atoms with Crippen molar-refractivity contribution >= 4 is 17.5 Å². The van der Waals surface area contributed by atoms with Crippen LogP contribution in [0, 0.1) is 0 Å². The third-order valence-corrected chi connectivity index (χ3v) is 7.37. The quantitative estimate of drug-likeness (QED) is 0.589. The molecule has 32 heavy (non-hydrogen) atoms. The molecule has 2 aromatic carbocycles. The molecule has 0 bridgehead atoms. The average molecular weight is 455 g/mol. The van der Waals surface area contributed by atoms with E-state index in [1.165, 1.54) is 44.3 Å². The first-order chi connectivity index (χ1) is 15.6. The number of ether oxygens (including phenoxy) is 1. The summed E-state index contributed by atoms with van der Waals surface area (Å²) in [6, 6.07) is 18.3. The monoisotopic (exact) mass is 454 g/mol. The molecule has 1 heterocycles. The number of carbonyl (C=O) groups is 1. The second-order valence-electron chi connectivity index (χ2n) is 9.37. The second-order valence-corrected chi connectivity index (χ2v) is 9.81. The zero-order valence-electron chi connectivity index (χ0n) is 18.9. The predicted molar refractivity (Wildman–Crippen MR) is 130 cm³/mol. The minimum atomic E-state index is -0.0460. The summed E-state index contributed by atoms with van der Waals surface area (Å²) in [5.74, 6) is 0.617. The second kappa shape index (κ2) is 11.2. The van der Waals surface area contributed by atoms with Crippen LogP contribution in [0.1, 0.15) is 56.9 Å². The molecule has 4 rings (SSSR count). The van der Waals surface area contributed by atoms with E-state index in [0.29, 0.717) is 10.8 Å². The highest BCUT2D eigenvalue weighted by atomic mass is 35.5. The van der Waals surface area contributed by atoms with Gasteiger partial charge in [-0.15, -0.1) is 0 Å². The maximum atomic E-state index is 12.5. The molecular weight excluding hydrogens is 420 g/mol. The number of carbonyl (C=O) groups excluding carboxylic acids is 1. The number of benzene rings is 2. The van der Waals surface area contributed by atoms with Crippen molar-refractivity contribution in [1.82, 2.24) is 10.2 Å². The zero-order valence-corrected chi connectivity index (χ0v) is 19.7. The summed E-state index contributed by atoms with van der Waals surface area (Å²) >= 11 is 5.90. The van der Waals surface area contributed by atoms with Crippen molar-refractivity contribution in [3.8, 4) is 5.75 Å². The lowest BCUT2D eigenvalue weighted by Crippen LogP contribution is -2.55. The third kappa shape index (κ3) is 6.26. The molecular formula is C27H35ClN2O2. The van der Waals surface area contributed by atoms with E-state index >= 15 is 0 Å². The number of amides is 1. The lowest BCUT2D eigenvalue weighted by atomic mass is 9.74. The number of hydrogen-bond donors (Lipinski definition) is 1. The van der Waals surface area contributed by atoms with E-state index in [0.717, 1.165) is 32.1 Å². The van der Waals surface area contributed by atoms with Crippen LogP contribution in [0.4, 0.5) is 0 Å². The highest BCUT2D eigenvalue weighted by molar-refractivity contribution is 6.30. The zero-order chi connectivity index (χ0) is 22.2. The molecule has 5 heteroatoms. The van der Waals surface area contributed by atoms with E-state index in [1.54, 1.807) is 24.3 Å². The molecule has 0 aromatic heterocycles. The maximum absolute atomic E-state index is 12.5. The number of halogens is 1. The van der Waals surface area contributed by atoms with Gasteiger partial charge in [0.25, 0.3) is 5.91 Å². The fraction of sp³-hybridized carbons (Fsp3) is 0.519. The summed E-state index contributed by atoms with van der Waals surface area (Å²) in [7, 11) is 0. The van der Waals surface area contributed by atoms with Gasteiger partial charge in [-0.25, -0.2) is 0 Å². The highest BCUT2D eigenvalue weighted by Gasteiger charge is 2.40. The molecule has 1 saturated heterocycles. The van der Waals surface area contributed by atoms with E-state index in [2.05, 4.69) is 40.5 Å². The van der Waals surface area contributed by atoms with E-state index in [1.807, 2.05) is 0 Å². The Balaban J connectivity index is 1.34.